The summed E-state index contributed by atoms with van der Waals surface area (Å²) >= 11 is 0. The molecule has 0 spiro atoms. The third kappa shape index (κ3) is 1.96. The summed E-state index contributed by atoms with van der Waals surface area (Å²) in [6, 6.07) is -0.0962. The van der Waals surface area contributed by atoms with Crippen LogP contribution in [-0.2, 0) is 9.53 Å². The SMILES string of the molecule is CC(C)(C)OC(=O)N1C(=O)[C@@H]2CC=C[C@H]1C2. The smallest absolute Gasteiger partial charge is 0.417 e. The molecule has 16 heavy (non-hydrogen) atoms. The van der Waals surface area contributed by atoms with Crippen LogP contribution in [-0.4, -0.2) is 28.5 Å². The minimum atomic E-state index is -0.558. The van der Waals surface area contributed by atoms with Crippen molar-refractivity contribution in [1.29, 1.82) is 0 Å². The molecule has 0 aromatic carbocycles. The van der Waals surface area contributed by atoms with Gasteiger partial charge in [0, 0.05) is 5.92 Å². The van der Waals surface area contributed by atoms with Gasteiger partial charge in [-0.2, -0.15) is 0 Å². The van der Waals surface area contributed by atoms with E-state index < -0.39 is 11.7 Å². The first-order valence-electron chi connectivity index (χ1n) is 5.61. The maximum Gasteiger partial charge on any atom is 0.417 e. The minimum Gasteiger partial charge on any atom is -0.443 e. The van der Waals surface area contributed by atoms with Gasteiger partial charge in [-0.05, 0) is 33.6 Å². The second kappa shape index (κ2) is 3.61. The van der Waals surface area contributed by atoms with Crippen molar-refractivity contribution >= 4 is 12.0 Å². The van der Waals surface area contributed by atoms with Crippen LogP contribution in [0.15, 0.2) is 12.2 Å². The molecule has 2 atom stereocenters. The van der Waals surface area contributed by atoms with Crippen molar-refractivity contribution in [2.45, 2.75) is 45.3 Å². The lowest BCUT2D eigenvalue weighted by Gasteiger charge is -2.25. The molecule has 0 aromatic rings. The number of carbonyl (C=O) groups excluding carboxylic acids is 2. The summed E-state index contributed by atoms with van der Waals surface area (Å²) in [6.45, 7) is 5.40. The highest BCUT2D eigenvalue weighted by Gasteiger charge is 2.44. The van der Waals surface area contributed by atoms with Crippen LogP contribution in [0.4, 0.5) is 4.79 Å². The number of likely N-dealkylation sites (tertiary alicyclic amines) is 1. The van der Waals surface area contributed by atoms with Gasteiger partial charge in [0.15, 0.2) is 0 Å². The minimum absolute atomic E-state index is 0.0254. The number of allylic oxidation sites excluding steroid dienone is 1. The van der Waals surface area contributed by atoms with Crippen LogP contribution in [0.25, 0.3) is 0 Å². The number of amides is 2. The average molecular weight is 223 g/mol. The summed E-state index contributed by atoms with van der Waals surface area (Å²) in [6.07, 6.45) is 4.87. The molecule has 4 heteroatoms. The van der Waals surface area contributed by atoms with Crippen molar-refractivity contribution in [1.82, 2.24) is 4.90 Å². The van der Waals surface area contributed by atoms with Crippen LogP contribution in [0.3, 0.4) is 0 Å². The van der Waals surface area contributed by atoms with Crippen molar-refractivity contribution in [2.75, 3.05) is 0 Å². The Morgan fingerprint density at radius 2 is 2.19 bits per heavy atom. The zero-order valence-corrected chi connectivity index (χ0v) is 9.90. The fraction of sp³-hybridized carbons (Fsp3) is 0.667. The lowest BCUT2D eigenvalue weighted by Crippen LogP contribution is -2.41. The maximum absolute atomic E-state index is 11.9. The largest absolute Gasteiger partial charge is 0.443 e. The summed E-state index contributed by atoms with van der Waals surface area (Å²) in [4.78, 5) is 25.0. The zero-order chi connectivity index (χ0) is 11.9. The van der Waals surface area contributed by atoms with E-state index in [1.807, 2.05) is 12.2 Å². The molecular weight excluding hydrogens is 206 g/mol. The highest BCUT2D eigenvalue weighted by atomic mass is 16.6. The Balaban J connectivity index is 2.13. The monoisotopic (exact) mass is 223 g/mol. The fourth-order valence-electron chi connectivity index (χ4n) is 2.16. The van der Waals surface area contributed by atoms with E-state index in [-0.39, 0.29) is 17.9 Å². The van der Waals surface area contributed by atoms with Gasteiger partial charge in [0.2, 0.25) is 5.91 Å². The van der Waals surface area contributed by atoms with E-state index in [0.29, 0.717) is 0 Å². The van der Waals surface area contributed by atoms with Gasteiger partial charge in [0.25, 0.3) is 0 Å². The Morgan fingerprint density at radius 1 is 1.50 bits per heavy atom. The lowest BCUT2D eigenvalue weighted by molar-refractivity contribution is -0.130. The number of nitrogens with zero attached hydrogens (tertiary/aromatic N) is 1. The molecule has 88 valence electrons. The predicted octanol–water partition coefficient (Wildman–Crippen LogP) is 2.10. The van der Waals surface area contributed by atoms with Gasteiger partial charge in [0.05, 0.1) is 6.04 Å². The van der Waals surface area contributed by atoms with Crippen molar-refractivity contribution in [3.63, 3.8) is 0 Å². The van der Waals surface area contributed by atoms with Crippen LogP contribution in [0, 0.1) is 5.92 Å². The molecule has 2 amide bonds. The van der Waals surface area contributed by atoms with Crippen LogP contribution in [0.5, 0.6) is 0 Å². The zero-order valence-electron chi connectivity index (χ0n) is 9.90. The van der Waals surface area contributed by atoms with Crippen LogP contribution in [0.1, 0.15) is 33.6 Å². The van der Waals surface area contributed by atoms with Gasteiger partial charge in [0.1, 0.15) is 5.60 Å². The maximum atomic E-state index is 11.9. The van der Waals surface area contributed by atoms with E-state index in [1.165, 1.54) is 4.90 Å². The number of carbonyl (C=O) groups is 2. The van der Waals surface area contributed by atoms with Crippen LogP contribution >= 0.6 is 0 Å². The molecule has 0 radical (unpaired) electrons. The predicted molar refractivity (Wildman–Crippen MR) is 58.7 cm³/mol. The Labute approximate surface area is 95.2 Å². The van der Waals surface area contributed by atoms with Gasteiger partial charge in [-0.15, -0.1) is 0 Å². The first-order valence-corrected chi connectivity index (χ1v) is 5.61. The molecule has 4 nitrogen and oxygen atoms in total. The summed E-state index contributed by atoms with van der Waals surface area (Å²) in [7, 11) is 0. The number of ether oxygens (including phenoxy) is 1. The molecule has 1 heterocycles. The molecule has 0 saturated carbocycles. The van der Waals surface area contributed by atoms with E-state index in [4.69, 9.17) is 4.74 Å². The first-order chi connectivity index (χ1) is 7.38. The first kappa shape index (κ1) is 11.2. The van der Waals surface area contributed by atoms with Gasteiger partial charge in [-0.25, -0.2) is 9.69 Å². The van der Waals surface area contributed by atoms with Crippen LogP contribution in [0.2, 0.25) is 0 Å². The average Bonchev–Trinajstić information content (AvgIpc) is 2.35. The summed E-state index contributed by atoms with van der Waals surface area (Å²) in [5.74, 6) is -0.119. The summed E-state index contributed by atoms with van der Waals surface area (Å²) in [5.41, 5.74) is -0.558. The van der Waals surface area contributed by atoms with E-state index in [9.17, 15) is 9.59 Å². The van der Waals surface area contributed by atoms with Crippen molar-refractivity contribution < 1.29 is 14.3 Å². The van der Waals surface area contributed by atoms with Crippen molar-refractivity contribution in [3.05, 3.63) is 12.2 Å². The Kier molecular flexibility index (Phi) is 2.52. The number of fused-ring (bicyclic) bond motifs is 2. The molecule has 0 unspecified atom stereocenters. The molecule has 2 bridgehead atoms. The van der Waals surface area contributed by atoms with Crippen LogP contribution < -0.4 is 0 Å². The van der Waals surface area contributed by atoms with Gasteiger partial charge in [-0.3, -0.25) is 4.79 Å². The summed E-state index contributed by atoms with van der Waals surface area (Å²) < 4.78 is 5.23. The highest BCUT2D eigenvalue weighted by Crippen LogP contribution is 2.33. The molecule has 0 aromatic heterocycles. The number of imide groups is 1. The standard InChI is InChI=1S/C12H17NO3/c1-12(2,3)16-11(15)13-9-6-4-5-8(7-9)10(13)14/h4,6,8-9H,5,7H2,1-3H3/t8-,9+/m1/s1. The number of hydrogen-bond acceptors (Lipinski definition) is 3. The Bertz CT molecular complexity index is 354. The highest BCUT2D eigenvalue weighted by molar-refractivity contribution is 5.96. The molecule has 2 rings (SSSR count). The number of rotatable bonds is 0. The van der Waals surface area contributed by atoms with Gasteiger partial charge in [-0.1, -0.05) is 12.2 Å². The molecule has 1 aliphatic heterocycles. The third-order valence-corrected chi connectivity index (χ3v) is 2.81. The second-order valence-electron chi connectivity index (χ2n) is 5.35. The van der Waals surface area contributed by atoms with E-state index >= 15 is 0 Å². The van der Waals surface area contributed by atoms with Crippen molar-refractivity contribution in [3.8, 4) is 0 Å². The van der Waals surface area contributed by atoms with Crippen molar-refractivity contribution in [2.24, 2.45) is 5.92 Å². The molecule has 2 aliphatic rings. The molecule has 1 fully saturated rings. The Hall–Kier alpha value is -1.32. The molecule has 0 N–H and O–H groups in total. The van der Waals surface area contributed by atoms with E-state index in [0.717, 1.165) is 12.8 Å². The summed E-state index contributed by atoms with van der Waals surface area (Å²) in [5, 5.41) is 0. The molecule has 1 saturated heterocycles. The third-order valence-electron chi connectivity index (χ3n) is 2.81. The number of hydrogen-bond donors (Lipinski definition) is 0. The van der Waals surface area contributed by atoms with E-state index in [2.05, 4.69) is 0 Å². The second-order valence-corrected chi connectivity index (χ2v) is 5.35. The van der Waals surface area contributed by atoms with E-state index in [1.54, 1.807) is 20.8 Å². The normalized spacial score (nSPS) is 28.4. The Morgan fingerprint density at radius 3 is 2.75 bits per heavy atom. The fourth-order valence-corrected chi connectivity index (χ4v) is 2.16. The molecule has 1 aliphatic carbocycles. The molecular formula is C12H17NO3. The van der Waals surface area contributed by atoms with Gasteiger partial charge < -0.3 is 4.74 Å². The lowest BCUT2D eigenvalue weighted by atomic mass is 9.96. The topological polar surface area (TPSA) is 46.6 Å². The van der Waals surface area contributed by atoms with Gasteiger partial charge >= 0.3 is 6.09 Å². The quantitative estimate of drug-likeness (QED) is 0.591.